The van der Waals surface area contributed by atoms with E-state index in [0.717, 1.165) is 0 Å². The van der Waals surface area contributed by atoms with Gasteiger partial charge in [-0.05, 0) is 18.2 Å². The lowest BCUT2D eigenvalue weighted by Crippen LogP contribution is -2.44. The Bertz CT molecular complexity index is 582. The van der Waals surface area contributed by atoms with Gasteiger partial charge < -0.3 is 14.7 Å². The van der Waals surface area contributed by atoms with Crippen LogP contribution in [0.25, 0.3) is 0 Å². The molecule has 2 amide bonds. The van der Waals surface area contributed by atoms with Crippen LogP contribution in [-0.2, 0) is 9.59 Å². The van der Waals surface area contributed by atoms with Crippen molar-refractivity contribution in [3.05, 3.63) is 23.8 Å². The highest BCUT2D eigenvalue weighted by Gasteiger charge is 2.28. The SMILES string of the molecule is CN(C)C(=O)CN1C(=O)COc2ccc(C(=O)O)cc21. The van der Waals surface area contributed by atoms with Crippen LogP contribution >= 0.6 is 0 Å². The van der Waals surface area contributed by atoms with E-state index in [0.29, 0.717) is 11.4 Å². The maximum absolute atomic E-state index is 11.9. The number of ether oxygens (including phenoxy) is 1. The van der Waals surface area contributed by atoms with Crippen LogP contribution in [0.4, 0.5) is 5.69 Å². The molecule has 7 heteroatoms. The van der Waals surface area contributed by atoms with Gasteiger partial charge in [-0.15, -0.1) is 0 Å². The van der Waals surface area contributed by atoms with E-state index >= 15 is 0 Å². The lowest BCUT2D eigenvalue weighted by molar-refractivity contribution is -0.130. The Morgan fingerprint density at radius 3 is 2.70 bits per heavy atom. The van der Waals surface area contributed by atoms with Gasteiger partial charge in [0.25, 0.3) is 5.91 Å². The minimum Gasteiger partial charge on any atom is -0.482 e. The third-order valence-electron chi connectivity index (χ3n) is 2.94. The molecule has 2 rings (SSSR count). The molecule has 0 radical (unpaired) electrons. The number of anilines is 1. The van der Waals surface area contributed by atoms with Crippen molar-refractivity contribution in [2.75, 3.05) is 32.1 Å². The van der Waals surface area contributed by atoms with Gasteiger partial charge in [0.05, 0.1) is 11.3 Å². The minimum absolute atomic E-state index is 0.0318. The van der Waals surface area contributed by atoms with E-state index in [1.165, 1.54) is 28.0 Å². The molecule has 1 aromatic rings. The second-order valence-corrected chi connectivity index (χ2v) is 4.54. The fraction of sp³-hybridized carbons (Fsp3) is 0.308. The molecule has 1 aromatic carbocycles. The van der Waals surface area contributed by atoms with Crippen molar-refractivity contribution in [3.8, 4) is 5.75 Å². The van der Waals surface area contributed by atoms with E-state index in [-0.39, 0.29) is 30.5 Å². The van der Waals surface area contributed by atoms with Gasteiger partial charge >= 0.3 is 5.97 Å². The lowest BCUT2D eigenvalue weighted by atomic mass is 10.1. The third-order valence-corrected chi connectivity index (χ3v) is 2.94. The molecule has 0 unspecified atom stereocenters. The molecule has 0 spiro atoms. The number of aromatic carboxylic acids is 1. The summed E-state index contributed by atoms with van der Waals surface area (Å²) in [6.07, 6.45) is 0. The fourth-order valence-electron chi connectivity index (χ4n) is 1.79. The molecule has 1 N–H and O–H groups in total. The molecule has 0 fully saturated rings. The Labute approximate surface area is 115 Å². The zero-order valence-electron chi connectivity index (χ0n) is 11.1. The second kappa shape index (κ2) is 5.20. The van der Waals surface area contributed by atoms with E-state index in [4.69, 9.17) is 9.84 Å². The Morgan fingerprint density at radius 2 is 2.10 bits per heavy atom. The Morgan fingerprint density at radius 1 is 1.40 bits per heavy atom. The van der Waals surface area contributed by atoms with Crippen LogP contribution in [0.3, 0.4) is 0 Å². The molecule has 1 aliphatic rings. The number of carboxylic acids is 1. The van der Waals surface area contributed by atoms with Gasteiger partial charge in [0.15, 0.2) is 6.61 Å². The molecule has 1 aliphatic heterocycles. The molecule has 0 bridgehead atoms. The van der Waals surface area contributed by atoms with Crippen molar-refractivity contribution in [2.24, 2.45) is 0 Å². The molecule has 20 heavy (non-hydrogen) atoms. The number of fused-ring (bicyclic) bond motifs is 1. The number of hydrogen-bond donors (Lipinski definition) is 1. The molecule has 0 aliphatic carbocycles. The summed E-state index contributed by atoms with van der Waals surface area (Å²) in [6.45, 7) is -0.314. The number of benzene rings is 1. The van der Waals surface area contributed by atoms with E-state index in [9.17, 15) is 14.4 Å². The number of carbonyl (C=O) groups is 3. The third kappa shape index (κ3) is 2.56. The van der Waals surface area contributed by atoms with E-state index in [2.05, 4.69) is 0 Å². The van der Waals surface area contributed by atoms with Crippen LogP contribution in [0, 0.1) is 0 Å². The smallest absolute Gasteiger partial charge is 0.335 e. The van der Waals surface area contributed by atoms with Gasteiger partial charge in [0, 0.05) is 14.1 Å². The monoisotopic (exact) mass is 278 g/mol. The summed E-state index contributed by atoms with van der Waals surface area (Å²) in [7, 11) is 3.17. The molecule has 7 nitrogen and oxygen atoms in total. The first-order chi connectivity index (χ1) is 9.40. The predicted molar refractivity (Wildman–Crippen MR) is 69.9 cm³/mol. The van der Waals surface area contributed by atoms with E-state index in [1.54, 1.807) is 14.1 Å². The first-order valence-electron chi connectivity index (χ1n) is 5.91. The van der Waals surface area contributed by atoms with Gasteiger partial charge in [-0.25, -0.2) is 4.79 Å². The Kier molecular flexibility index (Phi) is 3.60. The highest BCUT2D eigenvalue weighted by atomic mass is 16.5. The molecule has 0 saturated heterocycles. The number of carboxylic acid groups (broad SMARTS) is 1. The van der Waals surface area contributed by atoms with Crippen molar-refractivity contribution >= 4 is 23.5 Å². The molecular weight excluding hydrogens is 264 g/mol. The quantitative estimate of drug-likeness (QED) is 0.853. The van der Waals surface area contributed by atoms with Crippen LogP contribution in [0.2, 0.25) is 0 Å². The van der Waals surface area contributed by atoms with Gasteiger partial charge in [-0.3, -0.25) is 14.5 Å². The summed E-state index contributed by atoms with van der Waals surface area (Å²) in [5, 5.41) is 8.99. The number of amides is 2. The van der Waals surface area contributed by atoms with Gasteiger partial charge in [-0.1, -0.05) is 0 Å². The maximum atomic E-state index is 11.9. The zero-order valence-corrected chi connectivity index (χ0v) is 11.1. The summed E-state index contributed by atoms with van der Waals surface area (Å²) in [4.78, 5) is 37.2. The number of likely N-dealkylation sites (N-methyl/N-ethyl adjacent to an activating group) is 1. The maximum Gasteiger partial charge on any atom is 0.335 e. The van der Waals surface area contributed by atoms with Crippen molar-refractivity contribution in [2.45, 2.75) is 0 Å². The van der Waals surface area contributed by atoms with Crippen LogP contribution in [-0.4, -0.2) is 55.0 Å². The Hall–Kier alpha value is -2.57. The van der Waals surface area contributed by atoms with Crippen LogP contribution in [0.1, 0.15) is 10.4 Å². The van der Waals surface area contributed by atoms with E-state index in [1.807, 2.05) is 0 Å². The minimum atomic E-state index is -1.11. The highest BCUT2D eigenvalue weighted by Crippen LogP contribution is 2.32. The number of nitrogens with zero attached hydrogens (tertiary/aromatic N) is 2. The summed E-state index contributed by atoms with van der Waals surface area (Å²) in [6, 6.07) is 4.21. The fourth-order valence-corrected chi connectivity index (χ4v) is 1.79. The van der Waals surface area contributed by atoms with Crippen LogP contribution < -0.4 is 9.64 Å². The second-order valence-electron chi connectivity index (χ2n) is 4.54. The number of hydrogen-bond acceptors (Lipinski definition) is 4. The van der Waals surface area contributed by atoms with Gasteiger partial charge in [0.2, 0.25) is 5.91 Å². The normalized spacial score (nSPS) is 13.5. The van der Waals surface area contributed by atoms with Crippen molar-refractivity contribution in [3.63, 3.8) is 0 Å². The largest absolute Gasteiger partial charge is 0.482 e. The summed E-state index contributed by atoms with van der Waals surface area (Å²) < 4.78 is 5.23. The summed E-state index contributed by atoms with van der Waals surface area (Å²) >= 11 is 0. The first kappa shape index (κ1) is 13.9. The van der Waals surface area contributed by atoms with Crippen LogP contribution in [0.5, 0.6) is 5.75 Å². The molecule has 0 saturated carbocycles. The molecule has 1 heterocycles. The average Bonchev–Trinajstić information content (AvgIpc) is 2.41. The van der Waals surface area contributed by atoms with Gasteiger partial charge in [0.1, 0.15) is 12.3 Å². The molecule has 106 valence electrons. The molecular formula is C13H14N2O5. The van der Waals surface area contributed by atoms with E-state index < -0.39 is 5.97 Å². The molecule has 0 aromatic heterocycles. The predicted octanol–water partition coefficient (Wildman–Crippen LogP) is 0.198. The zero-order chi connectivity index (χ0) is 14.9. The number of carbonyl (C=O) groups excluding carboxylic acids is 2. The average molecular weight is 278 g/mol. The Balaban J connectivity index is 2.39. The lowest BCUT2D eigenvalue weighted by Gasteiger charge is -2.29. The highest BCUT2D eigenvalue weighted by molar-refractivity contribution is 6.03. The van der Waals surface area contributed by atoms with Gasteiger partial charge in [-0.2, -0.15) is 0 Å². The summed E-state index contributed by atoms with van der Waals surface area (Å²) in [5.41, 5.74) is 0.334. The summed E-state index contributed by atoms with van der Waals surface area (Å²) in [5.74, 6) is -1.35. The molecule has 0 atom stereocenters. The topological polar surface area (TPSA) is 87.2 Å². The van der Waals surface area contributed by atoms with Crippen molar-refractivity contribution < 1.29 is 24.2 Å². The number of rotatable bonds is 3. The van der Waals surface area contributed by atoms with Crippen LogP contribution in [0.15, 0.2) is 18.2 Å². The van der Waals surface area contributed by atoms with Crippen molar-refractivity contribution in [1.82, 2.24) is 4.90 Å². The first-order valence-corrected chi connectivity index (χ1v) is 5.91. The van der Waals surface area contributed by atoms with Crippen molar-refractivity contribution in [1.29, 1.82) is 0 Å². The standard InChI is InChI=1S/C13H14N2O5/c1-14(2)11(16)6-15-9-5-8(13(18)19)3-4-10(9)20-7-12(15)17/h3-5H,6-7H2,1-2H3,(H,18,19).